The molecule has 1 aromatic heterocycles. The van der Waals surface area contributed by atoms with Crippen LogP contribution < -0.4 is 10.2 Å². The second-order valence-corrected chi connectivity index (χ2v) is 9.22. The predicted molar refractivity (Wildman–Crippen MR) is 114 cm³/mol. The maximum absolute atomic E-state index is 12.2. The van der Waals surface area contributed by atoms with Crippen LogP contribution in [-0.2, 0) is 4.74 Å². The Morgan fingerprint density at radius 2 is 2.11 bits per heavy atom. The minimum atomic E-state index is -0.507. The van der Waals surface area contributed by atoms with Gasteiger partial charge in [0.2, 0.25) is 0 Å². The number of pyridine rings is 1. The van der Waals surface area contributed by atoms with Crippen LogP contribution in [0.4, 0.5) is 10.6 Å². The Morgan fingerprint density at radius 1 is 1.33 bits per heavy atom. The molecule has 1 atom stereocenters. The first-order valence-corrected chi connectivity index (χ1v) is 10.4. The van der Waals surface area contributed by atoms with Gasteiger partial charge >= 0.3 is 6.09 Å². The number of rotatable bonds is 2. The average molecular weight is 455 g/mol. The molecule has 0 radical (unpaired) electrons. The van der Waals surface area contributed by atoms with E-state index in [4.69, 9.17) is 16.3 Å². The van der Waals surface area contributed by atoms with E-state index in [1.54, 1.807) is 0 Å². The minimum Gasteiger partial charge on any atom is -0.444 e. The third-order valence-electron chi connectivity index (χ3n) is 4.43. The molecule has 1 aliphatic heterocycles. The summed E-state index contributed by atoms with van der Waals surface area (Å²) in [6.45, 7) is 7.16. The van der Waals surface area contributed by atoms with Crippen molar-refractivity contribution in [3.63, 3.8) is 0 Å². The van der Waals surface area contributed by atoms with Gasteiger partial charge in [-0.15, -0.1) is 0 Å². The second kappa shape index (κ2) is 8.23. The molecule has 5 nitrogen and oxygen atoms in total. The summed E-state index contributed by atoms with van der Waals surface area (Å²) in [6, 6.07) is 7.99. The van der Waals surface area contributed by atoms with Crippen molar-refractivity contribution in [1.29, 1.82) is 0 Å². The highest BCUT2D eigenvalue weighted by Gasteiger charge is 2.24. The van der Waals surface area contributed by atoms with E-state index < -0.39 is 5.60 Å². The summed E-state index contributed by atoms with van der Waals surface area (Å²) < 4.78 is 6.42. The molecule has 1 N–H and O–H groups in total. The Balaban J connectivity index is 1.84. The van der Waals surface area contributed by atoms with E-state index in [9.17, 15) is 4.79 Å². The van der Waals surface area contributed by atoms with Crippen LogP contribution in [0.15, 0.2) is 28.7 Å². The molecular formula is C20H25BrClN3O2. The van der Waals surface area contributed by atoms with Crippen LogP contribution in [0.5, 0.6) is 0 Å². The van der Waals surface area contributed by atoms with Gasteiger partial charge in [-0.3, -0.25) is 0 Å². The number of halogens is 2. The largest absolute Gasteiger partial charge is 0.444 e. The number of carbonyl (C=O) groups excluding carboxylic acids is 1. The molecule has 3 rings (SSSR count). The Labute approximate surface area is 173 Å². The summed E-state index contributed by atoms with van der Waals surface area (Å²) in [7, 11) is 0. The number of amides is 1. The molecule has 2 heterocycles. The molecule has 2 aromatic rings. The van der Waals surface area contributed by atoms with Crippen molar-refractivity contribution >= 4 is 50.2 Å². The van der Waals surface area contributed by atoms with Crippen molar-refractivity contribution in [2.24, 2.45) is 0 Å². The number of hydrogen-bond donors (Lipinski definition) is 1. The lowest BCUT2D eigenvalue weighted by atomic mass is 10.1. The van der Waals surface area contributed by atoms with Gasteiger partial charge < -0.3 is 15.0 Å². The van der Waals surface area contributed by atoms with E-state index in [-0.39, 0.29) is 12.1 Å². The predicted octanol–water partition coefficient (Wildman–Crippen LogP) is 5.53. The summed E-state index contributed by atoms with van der Waals surface area (Å²) >= 11 is 9.80. The maximum Gasteiger partial charge on any atom is 0.407 e. The van der Waals surface area contributed by atoms with Crippen molar-refractivity contribution in [2.45, 2.75) is 51.7 Å². The number of hydrogen-bond acceptors (Lipinski definition) is 4. The first kappa shape index (κ1) is 20.2. The highest BCUT2D eigenvalue weighted by atomic mass is 79.9. The molecule has 1 aromatic carbocycles. The van der Waals surface area contributed by atoms with Crippen LogP contribution in [0.1, 0.15) is 40.0 Å². The molecule has 7 heteroatoms. The molecule has 1 amide bonds. The van der Waals surface area contributed by atoms with Crippen molar-refractivity contribution < 1.29 is 9.53 Å². The summed E-state index contributed by atoms with van der Waals surface area (Å²) in [6.07, 6.45) is 2.63. The number of carbonyl (C=O) groups is 1. The molecule has 0 spiro atoms. The lowest BCUT2D eigenvalue weighted by Crippen LogP contribution is -2.45. The van der Waals surface area contributed by atoms with Crippen LogP contribution in [0.25, 0.3) is 10.8 Å². The molecule has 146 valence electrons. The van der Waals surface area contributed by atoms with E-state index in [1.807, 2.05) is 39.0 Å². The smallest absolute Gasteiger partial charge is 0.407 e. The lowest BCUT2D eigenvalue weighted by Gasteiger charge is -2.28. The first-order chi connectivity index (χ1) is 12.7. The molecule has 1 fully saturated rings. The molecule has 1 saturated heterocycles. The van der Waals surface area contributed by atoms with E-state index >= 15 is 0 Å². The third-order valence-corrected chi connectivity index (χ3v) is 5.12. The molecule has 0 bridgehead atoms. The lowest BCUT2D eigenvalue weighted by molar-refractivity contribution is 0.0504. The zero-order valence-electron chi connectivity index (χ0n) is 15.9. The van der Waals surface area contributed by atoms with Gasteiger partial charge in [-0.2, -0.15) is 0 Å². The zero-order chi connectivity index (χ0) is 19.6. The van der Waals surface area contributed by atoms with Crippen molar-refractivity contribution in [1.82, 2.24) is 10.3 Å². The van der Waals surface area contributed by atoms with E-state index in [2.05, 4.69) is 37.2 Å². The summed E-state index contributed by atoms with van der Waals surface area (Å²) in [5.74, 6) is 0.864. The highest BCUT2D eigenvalue weighted by Crippen LogP contribution is 2.31. The van der Waals surface area contributed by atoms with Crippen molar-refractivity contribution in [2.75, 3.05) is 18.0 Å². The molecule has 27 heavy (non-hydrogen) atoms. The fraction of sp³-hybridized carbons (Fsp3) is 0.500. The SMILES string of the molecule is CC(C)(C)OC(=O)N[C@H]1CCCCN(c2nc(Cl)cc3cc(Br)ccc23)C1. The van der Waals surface area contributed by atoms with Gasteiger partial charge in [0.05, 0.1) is 0 Å². The van der Waals surface area contributed by atoms with Gasteiger partial charge in [0.25, 0.3) is 0 Å². The normalized spacial score (nSPS) is 18.3. The number of aromatic nitrogens is 1. The van der Waals surface area contributed by atoms with Gasteiger partial charge in [-0.1, -0.05) is 27.5 Å². The fourth-order valence-corrected chi connectivity index (χ4v) is 3.92. The van der Waals surface area contributed by atoms with Crippen LogP contribution >= 0.6 is 27.5 Å². The first-order valence-electron chi connectivity index (χ1n) is 9.21. The third kappa shape index (κ3) is 5.48. The Morgan fingerprint density at radius 3 is 2.85 bits per heavy atom. The van der Waals surface area contributed by atoms with E-state index in [0.29, 0.717) is 11.7 Å². The summed E-state index contributed by atoms with van der Waals surface area (Å²) in [5.41, 5.74) is -0.507. The van der Waals surface area contributed by atoms with Gasteiger partial charge in [-0.05, 0) is 69.7 Å². The van der Waals surface area contributed by atoms with Crippen LogP contribution in [-0.4, -0.2) is 35.8 Å². The van der Waals surface area contributed by atoms with Crippen LogP contribution in [0.2, 0.25) is 5.15 Å². The number of nitrogens with zero attached hydrogens (tertiary/aromatic N) is 2. The maximum atomic E-state index is 12.2. The molecular weight excluding hydrogens is 430 g/mol. The molecule has 0 aliphatic carbocycles. The number of benzene rings is 1. The van der Waals surface area contributed by atoms with Gasteiger partial charge in [0, 0.05) is 29.0 Å². The van der Waals surface area contributed by atoms with E-state index in [1.165, 1.54) is 0 Å². The molecule has 0 saturated carbocycles. The van der Waals surface area contributed by atoms with Crippen molar-refractivity contribution in [3.05, 3.63) is 33.9 Å². The van der Waals surface area contributed by atoms with E-state index in [0.717, 1.165) is 46.9 Å². The zero-order valence-corrected chi connectivity index (χ0v) is 18.2. The van der Waals surface area contributed by atoms with Crippen LogP contribution in [0.3, 0.4) is 0 Å². The monoisotopic (exact) mass is 453 g/mol. The number of fused-ring (bicyclic) bond motifs is 1. The average Bonchev–Trinajstić information content (AvgIpc) is 2.77. The second-order valence-electron chi connectivity index (χ2n) is 7.92. The van der Waals surface area contributed by atoms with Gasteiger partial charge in [0.15, 0.2) is 0 Å². The van der Waals surface area contributed by atoms with Gasteiger partial charge in [-0.25, -0.2) is 9.78 Å². The van der Waals surface area contributed by atoms with Crippen molar-refractivity contribution in [3.8, 4) is 0 Å². The molecule has 0 unspecified atom stereocenters. The quantitative estimate of drug-likeness (QED) is 0.606. The number of alkyl carbamates (subject to hydrolysis) is 1. The number of nitrogens with one attached hydrogen (secondary N) is 1. The number of ether oxygens (including phenoxy) is 1. The Bertz CT molecular complexity index is 833. The summed E-state index contributed by atoms with van der Waals surface area (Å²) in [5, 5.41) is 5.58. The number of anilines is 1. The standard InChI is InChI=1S/C20H25BrClN3O2/c1-20(2,3)27-19(26)23-15-6-4-5-9-25(12-15)18-16-8-7-14(21)10-13(16)11-17(22)24-18/h7-8,10-11,15H,4-6,9,12H2,1-3H3,(H,23,26)/t15-/m0/s1. The Hall–Kier alpha value is -1.53. The van der Waals surface area contributed by atoms with Crippen LogP contribution in [0, 0.1) is 0 Å². The highest BCUT2D eigenvalue weighted by molar-refractivity contribution is 9.10. The minimum absolute atomic E-state index is 0.00799. The van der Waals surface area contributed by atoms with Gasteiger partial charge in [0.1, 0.15) is 16.6 Å². The fourth-order valence-electron chi connectivity index (χ4n) is 3.35. The molecule has 1 aliphatic rings. The summed E-state index contributed by atoms with van der Waals surface area (Å²) in [4.78, 5) is 19.0. The topological polar surface area (TPSA) is 54.5 Å². The Kier molecular flexibility index (Phi) is 6.16.